The van der Waals surface area contributed by atoms with E-state index in [-0.39, 0.29) is 18.6 Å². The summed E-state index contributed by atoms with van der Waals surface area (Å²) >= 11 is 3.43. The summed E-state index contributed by atoms with van der Waals surface area (Å²) in [6.45, 7) is 3.35. The highest BCUT2D eigenvalue weighted by Crippen LogP contribution is 2.20. The molecule has 5 heteroatoms. The fourth-order valence-electron chi connectivity index (χ4n) is 1.97. The van der Waals surface area contributed by atoms with Crippen LogP contribution in [0.2, 0.25) is 0 Å². The second-order valence-electron chi connectivity index (χ2n) is 4.37. The molecule has 0 spiro atoms. The molecule has 18 heavy (non-hydrogen) atoms. The van der Waals surface area contributed by atoms with Crippen LogP contribution in [0.5, 0.6) is 0 Å². The third-order valence-electron chi connectivity index (χ3n) is 3.12. The molecule has 1 N–H and O–H groups in total. The Morgan fingerprint density at radius 1 is 1.61 bits per heavy atom. The molecule has 1 saturated heterocycles. The largest absolute Gasteiger partial charge is 0.394 e. The lowest BCUT2D eigenvalue weighted by Crippen LogP contribution is -2.50. The summed E-state index contributed by atoms with van der Waals surface area (Å²) in [5.74, 6) is -0.0574. The average Bonchev–Trinajstić information content (AvgIpc) is 2.41. The van der Waals surface area contributed by atoms with Gasteiger partial charge in [-0.25, -0.2) is 0 Å². The van der Waals surface area contributed by atoms with E-state index >= 15 is 0 Å². The number of morpholine rings is 1. The molecule has 0 bridgehead atoms. The van der Waals surface area contributed by atoms with Crippen molar-refractivity contribution in [2.75, 3.05) is 26.4 Å². The van der Waals surface area contributed by atoms with Gasteiger partial charge in [0.25, 0.3) is 5.91 Å². The second kappa shape index (κ2) is 5.82. The van der Waals surface area contributed by atoms with Gasteiger partial charge in [0, 0.05) is 16.6 Å². The predicted octanol–water partition coefficient (Wildman–Crippen LogP) is 1.59. The molecule has 0 aliphatic carbocycles. The summed E-state index contributed by atoms with van der Waals surface area (Å²) in [5.41, 5.74) is 1.72. The van der Waals surface area contributed by atoms with E-state index in [2.05, 4.69) is 15.9 Å². The summed E-state index contributed by atoms with van der Waals surface area (Å²) in [6, 6.07) is 5.30. The minimum absolute atomic E-state index is 0.0574. The van der Waals surface area contributed by atoms with Crippen LogP contribution in [-0.4, -0.2) is 48.3 Å². The Kier molecular flexibility index (Phi) is 4.37. The summed E-state index contributed by atoms with van der Waals surface area (Å²) in [6.07, 6.45) is 0. The highest BCUT2D eigenvalue weighted by molar-refractivity contribution is 9.10. The van der Waals surface area contributed by atoms with Gasteiger partial charge in [-0.15, -0.1) is 0 Å². The standard InChI is InChI=1S/C13H16BrNO3/c1-9-2-3-10(6-12(9)14)13(17)15-4-5-18-8-11(15)7-16/h2-3,6,11,16H,4-5,7-8H2,1H3. The van der Waals surface area contributed by atoms with Crippen molar-refractivity contribution in [2.24, 2.45) is 0 Å². The van der Waals surface area contributed by atoms with E-state index < -0.39 is 0 Å². The van der Waals surface area contributed by atoms with E-state index in [1.165, 1.54) is 0 Å². The Bertz CT molecular complexity index is 450. The molecule has 1 aliphatic heterocycles. The third kappa shape index (κ3) is 2.74. The minimum atomic E-state index is -0.244. The molecule has 4 nitrogen and oxygen atoms in total. The number of nitrogens with zero attached hydrogens (tertiary/aromatic N) is 1. The topological polar surface area (TPSA) is 49.8 Å². The zero-order chi connectivity index (χ0) is 13.1. The number of carbonyl (C=O) groups is 1. The number of carbonyl (C=O) groups excluding carboxylic acids is 1. The highest BCUT2D eigenvalue weighted by Gasteiger charge is 2.27. The van der Waals surface area contributed by atoms with E-state index in [1.54, 1.807) is 4.90 Å². The van der Waals surface area contributed by atoms with Crippen molar-refractivity contribution in [2.45, 2.75) is 13.0 Å². The SMILES string of the molecule is Cc1ccc(C(=O)N2CCOCC2CO)cc1Br. The molecule has 1 aliphatic rings. The zero-order valence-corrected chi connectivity index (χ0v) is 11.8. The molecular weight excluding hydrogens is 298 g/mol. The molecule has 1 atom stereocenters. The lowest BCUT2D eigenvalue weighted by molar-refractivity contribution is -0.0183. The highest BCUT2D eigenvalue weighted by atomic mass is 79.9. The van der Waals surface area contributed by atoms with Gasteiger partial charge in [-0.1, -0.05) is 22.0 Å². The van der Waals surface area contributed by atoms with Gasteiger partial charge < -0.3 is 14.7 Å². The Hall–Kier alpha value is -0.910. The number of aliphatic hydroxyl groups is 1. The fourth-order valence-corrected chi connectivity index (χ4v) is 2.34. The quantitative estimate of drug-likeness (QED) is 0.902. The lowest BCUT2D eigenvalue weighted by Gasteiger charge is -2.34. The van der Waals surface area contributed by atoms with Gasteiger partial charge in [-0.2, -0.15) is 0 Å². The maximum Gasteiger partial charge on any atom is 0.254 e. The third-order valence-corrected chi connectivity index (χ3v) is 3.97. The Morgan fingerprint density at radius 3 is 3.06 bits per heavy atom. The summed E-state index contributed by atoms with van der Waals surface area (Å²) in [7, 11) is 0. The van der Waals surface area contributed by atoms with Gasteiger partial charge in [-0.05, 0) is 24.6 Å². The molecule has 2 rings (SSSR count). The molecule has 0 saturated carbocycles. The Morgan fingerprint density at radius 2 is 2.39 bits per heavy atom. The molecule has 1 heterocycles. The summed E-state index contributed by atoms with van der Waals surface area (Å²) in [4.78, 5) is 14.1. The normalized spacial score (nSPS) is 19.9. The van der Waals surface area contributed by atoms with Crippen molar-refractivity contribution >= 4 is 21.8 Å². The number of aryl methyl sites for hydroxylation is 1. The number of hydrogen-bond donors (Lipinski definition) is 1. The van der Waals surface area contributed by atoms with Crippen molar-refractivity contribution in [1.82, 2.24) is 4.90 Å². The average molecular weight is 314 g/mol. The predicted molar refractivity (Wildman–Crippen MR) is 71.6 cm³/mol. The lowest BCUT2D eigenvalue weighted by atomic mass is 10.1. The number of amides is 1. The Labute approximate surface area is 115 Å². The number of hydrogen-bond acceptors (Lipinski definition) is 3. The first-order chi connectivity index (χ1) is 8.63. The van der Waals surface area contributed by atoms with Gasteiger partial charge in [0.05, 0.1) is 25.9 Å². The molecule has 98 valence electrons. The van der Waals surface area contributed by atoms with E-state index in [0.717, 1.165) is 10.0 Å². The van der Waals surface area contributed by atoms with Gasteiger partial charge >= 0.3 is 0 Å². The summed E-state index contributed by atoms with van der Waals surface area (Å²) < 4.78 is 6.19. The Balaban J connectivity index is 2.21. The van der Waals surface area contributed by atoms with Crippen LogP contribution in [0.1, 0.15) is 15.9 Å². The molecule has 1 unspecified atom stereocenters. The van der Waals surface area contributed by atoms with Crippen LogP contribution in [0.15, 0.2) is 22.7 Å². The first-order valence-electron chi connectivity index (χ1n) is 5.89. The van der Waals surface area contributed by atoms with E-state index in [0.29, 0.717) is 25.3 Å². The van der Waals surface area contributed by atoms with Crippen LogP contribution < -0.4 is 0 Å². The monoisotopic (exact) mass is 313 g/mol. The molecule has 0 aromatic heterocycles. The number of halogens is 1. The van der Waals surface area contributed by atoms with Crippen LogP contribution in [0, 0.1) is 6.92 Å². The van der Waals surface area contributed by atoms with Crippen molar-refractivity contribution < 1.29 is 14.6 Å². The van der Waals surface area contributed by atoms with Crippen molar-refractivity contribution in [3.63, 3.8) is 0 Å². The number of aliphatic hydroxyl groups excluding tert-OH is 1. The minimum Gasteiger partial charge on any atom is -0.394 e. The number of rotatable bonds is 2. The smallest absolute Gasteiger partial charge is 0.254 e. The number of benzene rings is 1. The number of ether oxygens (including phenoxy) is 1. The van der Waals surface area contributed by atoms with Gasteiger partial charge in [0.15, 0.2) is 0 Å². The molecule has 1 aromatic rings. The van der Waals surface area contributed by atoms with E-state index in [4.69, 9.17) is 4.74 Å². The maximum absolute atomic E-state index is 12.4. The molecule has 0 radical (unpaired) electrons. The van der Waals surface area contributed by atoms with Crippen LogP contribution >= 0.6 is 15.9 Å². The first kappa shape index (κ1) is 13.5. The van der Waals surface area contributed by atoms with Crippen molar-refractivity contribution in [3.8, 4) is 0 Å². The molecule has 1 amide bonds. The molecular formula is C13H16BrNO3. The molecule has 1 aromatic carbocycles. The van der Waals surface area contributed by atoms with Gasteiger partial charge in [0.2, 0.25) is 0 Å². The zero-order valence-electron chi connectivity index (χ0n) is 10.2. The van der Waals surface area contributed by atoms with Gasteiger partial charge in [0.1, 0.15) is 0 Å². The van der Waals surface area contributed by atoms with Crippen LogP contribution in [0.4, 0.5) is 0 Å². The fraction of sp³-hybridized carbons (Fsp3) is 0.462. The van der Waals surface area contributed by atoms with Crippen LogP contribution in [0.25, 0.3) is 0 Å². The van der Waals surface area contributed by atoms with Crippen LogP contribution in [0.3, 0.4) is 0 Å². The summed E-state index contributed by atoms with van der Waals surface area (Å²) in [5, 5.41) is 9.27. The van der Waals surface area contributed by atoms with E-state index in [9.17, 15) is 9.90 Å². The van der Waals surface area contributed by atoms with E-state index in [1.807, 2.05) is 25.1 Å². The maximum atomic E-state index is 12.4. The second-order valence-corrected chi connectivity index (χ2v) is 5.23. The van der Waals surface area contributed by atoms with Crippen molar-refractivity contribution in [1.29, 1.82) is 0 Å². The van der Waals surface area contributed by atoms with Crippen LogP contribution in [-0.2, 0) is 4.74 Å². The van der Waals surface area contributed by atoms with Crippen molar-refractivity contribution in [3.05, 3.63) is 33.8 Å². The van der Waals surface area contributed by atoms with Gasteiger partial charge in [-0.3, -0.25) is 4.79 Å². The first-order valence-corrected chi connectivity index (χ1v) is 6.68. The molecule has 1 fully saturated rings.